The zero-order chi connectivity index (χ0) is 13.0. The van der Waals surface area contributed by atoms with Gasteiger partial charge in [-0.3, -0.25) is 0 Å². The molecule has 0 amide bonds. The van der Waals surface area contributed by atoms with Crippen LogP contribution in [-0.4, -0.2) is 31.9 Å². The van der Waals surface area contributed by atoms with E-state index >= 15 is 0 Å². The van der Waals surface area contributed by atoms with Crippen molar-refractivity contribution < 1.29 is 9.84 Å². The maximum atomic E-state index is 9.15. The minimum Gasteiger partial charge on any atom is -0.496 e. The summed E-state index contributed by atoms with van der Waals surface area (Å²) in [6.07, 6.45) is 0. The van der Waals surface area contributed by atoms with E-state index in [4.69, 9.17) is 15.6 Å². The van der Waals surface area contributed by atoms with E-state index in [0.29, 0.717) is 0 Å². The molecule has 0 aliphatic heterocycles. The molecule has 0 bridgehead atoms. The lowest BCUT2D eigenvalue weighted by Gasteiger charge is -2.23. The maximum absolute atomic E-state index is 9.15. The van der Waals surface area contributed by atoms with Gasteiger partial charge in [-0.05, 0) is 37.6 Å². The Hall–Kier alpha value is -1.10. The molecule has 0 fully saturated rings. The Morgan fingerprint density at radius 1 is 1.35 bits per heavy atom. The summed E-state index contributed by atoms with van der Waals surface area (Å²) in [5.41, 5.74) is 9.11. The van der Waals surface area contributed by atoms with Gasteiger partial charge in [0.25, 0.3) is 0 Å². The monoisotopic (exact) mass is 238 g/mol. The first kappa shape index (κ1) is 14.0. The number of aliphatic hydroxyl groups excluding tert-OH is 1. The summed E-state index contributed by atoms with van der Waals surface area (Å²) in [6, 6.07) is 3.72. The number of nitrogens with one attached hydrogen (secondary N) is 1. The summed E-state index contributed by atoms with van der Waals surface area (Å²) in [5.74, 6) is 0.904. The van der Waals surface area contributed by atoms with E-state index in [1.165, 1.54) is 0 Å². The second-order valence-corrected chi connectivity index (χ2v) is 4.30. The van der Waals surface area contributed by atoms with Crippen molar-refractivity contribution in [2.75, 3.05) is 20.8 Å². The van der Waals surface area contributed by atoms with Crippen LogP contribution in [0.15, 0.2) is 12.1 Å². The van der Waals surface area contributed by atoms with Gasteiger partial charge in [-0.1, -0.05) is 12.1 Å². The average Bonchev–Trinajstić information content (AvgIpc) is 2.29. The van der Waals surface area contributed by atoms with E-state index in [1.807, 2.05) is 33.0 Å². The van der Waals surface area contributed by atoms with Crippen LogP contribution >= 0.6 is 0 Å². The maximum Gasteiger partial charge on any atom is 0.124 e. The van der Waals surface area contributed by atoms with Crippen molar-refractivity contribution in [1.29, 1.82) is 0 Å². The van der Waals surface area contributed by atoms with Gasteiger partial charge in [-0.25, -0.2) is 0 Å². The molecule has 0 aliphatic carbocycles. The fraction of sp³-hybridized carbons (Fsp3) is 0.538. The summed E-state index contributed by atoms with van der Waals surface area (Å²) in [6.45, 7) is 3.97. The van der Waals surface area contributed by atoms with Gasteiger partial charge >= 0.3 is 0 Å². The lowest BCUT2D eigenvalue weighted by atomic mass is 9.96. The molecule has 2 atom stereocenters. The summed E-state index contributed by atoms with van der Waals surface area (Å²) in [4.78, 5) is 0. The predicted molar refractivity (Wildman–Crippen MR) is 69.3 cm³/mol. The number of ether oxygens (including phenoxy) is 1. The number of aryl methyl sites for hydroxylation is 2. The number of rotatable bonds is 5. The molecular formula is C13H22N2O2. The lowest BCUT2D eigenvalue weighted by Crippen LogP contribution is -2.39. The minimum atomic E-state index is -0.313. The molecule has 0 aliphatic rings. The molecule has 0 saturated carbocycles. The van der Waals surface area contributed by atoms with Gasteiger partial charge in [0, 0.05) is 12.1 Å². The van der Waals surface area contributed by atoms with E-state index in [-0.39, 0.29) is 18.7 Å². The van der Waals surface area contributed by atoms with Crippen LogP contribution in [0.4, 0.5) is 0 Å². The Bertz CT molecular complexity index is 357. The molecule has 4 nitrogen and oxygen atoms in total. The highest BCUT2D eigenvalue weighted by Crippen LogP contribution is 2.27. The van der Waals surface area contributed by atoms with Crippen LogP contribution in [0.3, 0.4) is 0 Å². The molecule has 1 aromatic rings. The van der Waals surface area contributed by atoms with Crippen molar-refractivity contribution in [2.24, 2.45) is 5.73 Å². The van der Waals surface area contributed by atoms with Crippen LogP contribution in [-0.2, 0) is 0 Å². The molecule has 0 spiro atoms. The number of likely N-dealkylation sites (N-methyl/N-ethyl adjacent to an activating group) is 1. The summed E-state index contributed by atoms with van der Waals surface area (Å²) in [7, 11) is 3.51. The highest BCUT2D eigenvalue weighted by molar-refractivity contribution is 5.44. The van der Waals surface area contributed by atoms with Crippen molar-refractivity contribution in [1.82, 2.24) is 5.32 Å². The Labute approximate surface area is 103 Å². The number of benzene rings is 1. The van der Waals surface area contributed by atoms with Crippen LogP contribution in [0, 0.1) is 13.8 Å². The van der Waals surface area contributed by atoms with Gasteiger partial charge in [0.05, 0.1) is 13.7 Å². The van der Waals surface area contributed by atoms with Crippen LogP contribution in [0.1, 0.15) is 22.7 Å². The minimum absolute atomic E-state index is 0.0460. The highest BCUT2D eigenvalue weighted by atomic mass is 16.5. The van der Waals surface area contributed by atoms with Crippen molar-refractivity contribution >= 4 is 0 Å². The average molecular weight is 238 g/mol. The standard InChI is InChI=1S/C13H22N2O2/c1-8-5-10(6-9(2)13(8)17-4)12(15-3)11(14)7-16/h5-6,11-12,15-16H,7,14H2,1-4H3. The zero-order valence-corrected chi connectivity index (χ0v) is 10.9. The second-order valence-electron chi connectivity index (χ2n) is 4.30. The predicted octanol–water partition coefficient (Wildman–Crippen LogP) is 0.892. The number of aliphatic hydroxyl groups is 1. The Balaban J connectivity index is 3.14. The molecule has 1 aromatic carbocycles. The van der Waals surface area contributed by atoms with Crippen LogP contribution in [0.5, 0.6) is 5.75 Å². The quantitative estimate of drug-likeness (QED) is 0.713. The molecular weight excluding hydrogens is 216 g/mol. The normalized spacial score (nSPS) is 14.5. The third kappa shape index (κ3) is 2.97. The van der Waals surface area contributed by atoms with Crippen LogP contribution in [0.2, 0.25) is 0 Å². The van der Waals surface area contributed by atoms with Crippen LogP contribution < -0.4 is 15.8 Å². The largest absolute Gasteiger partial charge is 0.496 e. The van der Waals surface area contributed by atoms with E-state index < -0.39 is 0 Å². The SMILES string of the molecule is CNC(c1cc(C)c(OC)c(C)c1)C(N)CO. The number of hydrogen-bond acceptors (Lipinski definition) is 4. The van der Waals surface area contributed by atoms with Gasteiger partial charge in [-0.2, -0.15) is 0 Å². The molecule has 0 radical (unpaired) electrons. The van der Waals surface area contributed by atoms with Crippen molar-refractivity contribution in [2.45, 2.75) is 25.9 Å². The zero-order valence-electron chi connectivity index (χ0n) is 10.9. The number of hydrogen-bond donors (Lipinski definition) is 3. The topological polar surface area (TPSA) is 67.5 Å². The van der Waals surface area contributed by atoms with E-state index in [9.17, 15) is 0 Å². The van der Waals surface area contributed by atoms with Crippen LogP contribution in [0.25, 0.3) is 0 Å². The second kappa shape index (κ2) is 6.00. The Kier molecular flexibility index (Phi) is 4.93. The summed E-state index contributed by atoms with van der Waals surface area (Å²) in [5, 5.41) is 12.3. The van der Waals surface area contributed by atoms with Gasteiger partial charge in [-0.15, -0.1) is 0 Å². The third-order valence-corrected chi connectivity index (χ3v) is 3.00. The molecule has 0 aromatic heterocycles. The van der Waals surface area contributed by atoms with E-state index in [1.54, 1.807) is 7.11 Å². The molecule has 0 heterocycles. The lowest BCUT2D eigenvalue weighted by molar-refractivity contribution is 0.240. The first-order valence-electron chi connectivity index (χ1n) is 5.74. The summed E-state index contributed by atoms with van der Waals surface area (Å²) < 4.78 is 5.33. The van der Waals surface area contributed by atoms with Crippen molar-refractivity contribution in [3.8, 4) is 5.75 Å². The fourth-order valence-electron chi connectivity index (χ4n) is 2.22. The third-order valence-electron chi connectivity index (χ3n) is 3.00. The highest BCUT2D eigenvalue weighted by Gasteiger charge is 2.19. The van der Waals surface area contributed by atoms with Gasteiger partial charge in [0.1, 0.15) is 5.75 Å². The molecule has 1 rings (SSSR count). The summed E-state index contributed by atoms with van der Waals surface area (Å²) >= 11 is 0. The Morgan fingerprint density at radius 2 is 1.88 bits per heavy atom. The smallest absolute Gasteiger partial charge is 0.124 e. The Morgan fingerprint density at radius 3 is 2.24 bits per heavy atom. The molecule has 4 N–H and O–H groups in total. The van der Waals surface area contributed by atoms with Gasteiger partial charge < -0.3 is 20.9 Å². The molecule has 4 heteroatoms. The molecule has 0 saturated heterocycles. The van der Waals surface area contributed by atoms with Gasteiger partial charge in [0.15, 0.2) is 0 Å². The van der Waals surface area contributed by atoms with Crippen molar-refractivity contribution in [3.63, 3.8) is 0 Å². The van der Waals surface area contributed by atoms with E-state index in [0.717, 1.165) is 22.4 Å². The van der Waals surface area contributed by atoms with E-state index in [2.05, 4.69) is 5.32 Å². The molecule has 17 heavy (non-hydrogen) atoms. The fourth-order valence-corrected chi connectivity index (χ4v) is 2.22. The first-order chi connectivity index (χ1) is 8.04. The molecule has 2 unspecified atom stereocenters. The van der Waals surface area contributed by atoms with Gasteiger partial charge in [0.2, 0.25) is 0 Å². The number of methoxy groups -OCH3 is 1. The number of nitrogens with two attached hydrogens (primary N) is 1. The first-order valence-corrected chi connectivity index (χ1v) is 5.74. The molecule has 96 valence electrons. The van der Waals surface area contributed by atoms with Crippen molar-refractivity contribution in [3.05, 3.63) is 28.8 Å².